The maximum Gasteiger partial charge on any atom is 0.416 e. The van der Waals surface area contributed by atoms with Gasteiger partial charge in [-0.3, -0.25) is 9.59 Å². The zero-order valence-electron chi connectivity index (χ0n) is 14.0. The number of benzene rings is 1. The molecule has 0 aliphatic heterocycles. The number of alkyl halides is 3. The summed E-state index contributed by atoms with van der Waals surface area (Å²) in [5.74, 6) is -0.776. The highest BCUT2D eigenvalue weighted by Crippen LogP contribution is 2.30. The summed E-state index contributed by atoms with van der Waals surface area (Å²) in [7, 11) is 3.84. The lowest BCUT2D eigenvalue weighted by Crippen LogP contribution is -2.40. The van der Waals surface area contributed by atoms with Crippen LogP contribution in [0.5, 0.6) is 0 Å². The number of hydrogen-bond donors (Lipinski definition) is 1. The monoisotopic (exact) mass is 345 g/mol. The van der Waals surface area contributed by atoms with E-state index in [1.807, 2.05) is 19.0 Å². The van der Waals surface area contributed by atoms with Crippen LogP contribution in [0.3, 0.4) is 0 Å². The summed E-state index contributed by atoms with van der Waals surface area (Å²) in [6, 6.07) is 4.15. The van der Waals surface area contributed by atoms with Crippen molar-refractivity contribution >= 4 is 17.5 Å². The summed E-state index contributed by atoms with van der Waals surface area (Å²) in [6.07, 6.45) is -3.68. The van der Waals surface area contributed by atoms with E-state index in [9.17, 15) is 22.8 Å². The second-order valence-corrected chi connectivity index (χ2v) is 5.66. The molecule has 134 valence electrons. The van der Waals surface area contributed by atoms with Crippen molar-refractivity contribution in [3.8, 4) is 0 Å². The number of hydrogen-bond acceptors (Lipinski definition) is 3. The normalized spacial score (nSPS) is 11.5. The number of amides is 2. The van der Waals surface area contributed by atoms with Gasteiger partial charge in [-0.15, -0.1) is 0 Å². The van der Waals surface area contributed by atoms with Gasteiger partial charge in [-0.25, -0.2) is 0 Å². The number of carbonyl (C=O) groups excluding carboxylic acids is 2. The molecule has 0 aliphatic carbocycles. The molecule has 1 aromatic rings. The molecule has 0 saturated heterocycles. The predicted molar refractivity (Wildman–Crippen MR) is 85.7 cm³/mol. The van der Waals surface area contributed by atoms with Crippen LogP contribution in [0, 0.1) is 0 Å². The van der Waals surface area contributed by atoms with E-state index < -0.39 is 17.6 Å². The van der Waals surface area contributed by atoms with Gasteiger partial charge in [0.25, 0.3) is 0 Å². The molecule has 0 saturated carbocycles. The van der Waals surface area contributed by atoms with Crippen LogP contribution in [0.1, 0.15) is 18.9 Å². The van der Waals surface area contributed by atoms with Crippen LogP contribution in [-0.2, 0) is 15.8 Å². The third-order valence-corrected chi connectivity index (χ3v) is 3.29. The van der Waals surface area contributed by atoms with E-state index >= 15 is 0 Å². The maximum atomic E-state index is 12.6. The number of nitrogens with zero attached hydrogens (tertiary/aromatic N) is 2. The SMILES string of the molecule is CC(=O)N(CC(=O)NCCCN(C)C)c1ccc(C(F)(F)F)cc1. The van der Waals surface area contributed by atoms with E-state index in [4.69, 9.17) is 0 Å². The Labute approximate surface area is 139 Å². The van der Waals surface area contributed by atoms with Crippen molar-refractivity contribution in [1.82, 2.24) is 10.2 Å². The van der Waals surface area contributed by atoms with Crippen LogP contribution in [0.15, 0.2) is 24.3 Å². The lowest BCUT2D eigenvalue weighted by atomic mass is 10.2. The molecule has 0 spiro atoms. The Bertz CT molecular complexity index is 557. The molecule has 2 amide bonds. The van der Waals surface area contributed by atoms with Gasteiger partial charge >= 0.3 is 6.18 Å². The fourth-order valence-electron chi connectivity index (χ4n) is 2.04. The molecule has 24 heavy (non-hydrogen) atoms. The van der Waals surface area contributed by atoms with Gasteiger partial charge in [0.2, 0.25) is 11.8 Å². The fraction of sp³-hybridized carbons (Fsp3) is 0.500. The summed E-state index contributed by atoms with van der Waals surface area (Å²) in [6.45, 7) is 2.31. The zero-order chi connectivity index (χ0) is 18.3. The van der Waals surface area contributed by atoms with Crippen molar-refractivity contribution in [2.45, 2.75) is 19.5 Å². The minimum absolute atomic E-state index is 0.233. The average molecular weight is 345 g/mol. The van der Waals surface area contributed by atoms with Gasteiger partial charge in [0.15, 0.2) is 0 Å². The van der Waals surface area contributed by atoms with Gasteiger partial charge in [0.1, 0.15) is 6.54 Å². The van der Waals surface area contributed by atoms with Gasteiger partial charge in [-0.2, -0.15) is 13.2 Å². The Kier molecular flexibility index (Phi) is 7.21. The largest absolute Gasteiger partial charge is 0.416 e. The van der Waals surface area contributed by atoms with Crippen LogP contribution in [-0.4, -0.2) is 50.4 Å². The summed E-state index contributed by atoms with van der Waals surface area (Å²) < 4.78 is 37.7. The van der Waals surface area contributed by atoms with E-state index in [0.29, 0.717) is 6.54 Å². The molecular formula is C16H22F3N3O2. The molecule has 0 aromatic heterocycles. The van der Waals surface area contributed by atoms with E-state index in [1.165, 1.54) is 19.1 Å². The zero-order valence-corrected chi connectivity index (χ0v) is 14.0. The molecule has 0 bridgehead atoms. The minimum Gasteiger partial charge on any atom is -0.355 e. The molecule has 1 N–H and O–H groups in total. The molecule has 0 radical (unpaired) electrons. The number of nitrogens with one attached hydrogen (secondary N) is 1. The van der Waals surface area contributed by atoms with E-state index in [1.54, 1.807) is 0 Å². The summed E-state index contributed by atoms with van der Waals surface area (Å²) in [5.41, 5.74) is -0.554. The van der Waals surface area contributed by atoms with Crippen molar-refractivity contribution < 1.29 is 22.8 Å². The smallest absolute Gasteiger partial charge is 0.355 e. The Morgan fingerprint density at radius 3 is 2.17 bits per heavy atom. The first-order valence-corrected chi connectivity index (χ1v) is 7.48. The molecule has 1 aromatic carbocycles. The first-order chi connectivity index (χ1) is 11.1. The standard InChI is InChI=1S/C16H22F3N3O2/c1-12(23)22(11-15(24)20-9-4-10-21(2)3)14-7-5-13(6-8-14)16(17,18)19/h5-8H,4,9-11H2,1-3H3,(H,20,24). The molecule has 8 heteroatoms. The second kappa shape index (κ2) is 8.68. The molecular weight excluding hydrogens is 323 g/mol. The number of rotatable bonds is 7. The minimum atomic E-state index is -4.44. The lowest BCUT2D eigenvalue weighted by Gasteiger charge is -2.21. The van der Waals surface area contributed by atoms with Crippen molar-refractivity contribution in [2.24, 2.45) is 0 Å². The summed E-state index contributed by atoms with van der Waals surface area (Å²) in [5, 5.41) is 2.69. The van der Waals surface area contributed by atoms with Crippen LogP contribution >= 0.6 is 0 Å². The van der Waals surface area contributed by atoms with Crippen molar-refractivity contribution in [3.63, 3.8) is 0 Å². The highest BCUT2D eigenvalue weighted by atomic mass is 19.4. The van der Waals surface area contributed by atoms with Crippen LogP contribution in [0.25, 0.3) is 0 Å². The number of halogens is 3. The van der Waals surface area contributed by atoms with Gasteiger partial charge in [0.05, 0.1) is 5.56 Å². The third kappa shape index (κ3) is 6.57. The third-order valence-electron chi connectivity index (χ3n) is 3.29. The molecule has 0 unspecified atom stereocenters. The molecule has 1 rings (SSSR count). The summed E-state index contributed by atoms with van der Waals surface area (Å²) in [4.78, 5) is 26.7. The van der Waals surface area contributed by atoms with Crippen molar-refractivity contribution in [3.05, 3.63) is 29.8 Å². The number of carbonyl (C=O) groups is 2. The first-order valence-electron chi connectivity index (χ1n) is 7.48. The van der Waals surface area contributed by atoms with Crippen LogP contribution < -0.4 is 10.2 Å². The van der Waals surface area contributed by atoms with Crippen molar-refractivity contribution in [2.75, 3.05) is 38.6 Å². The average Bonchev–Trinajstić information content (AvgIpc) is 2.48. The molecule has 0 atom stereocenters. The first kappa shape index (κ1) is 20.0. The highest BCUT2D eigenvalue weighted by Gasteiger charge is 2.30. The fourth-order valence-corrected chi connectivity index (χ4v) is 2.04. The molecule has 0 fully saturated rings. The molecule has 0 aliphatic rings. The van der Waals surface area contributed by atoms with Crippen molar-refractivity contribution in [1.29, 1.82) is 0 Å². The Morgan fingerprint density at radius 2 is 1.71 bits per heavy atom. The van der Waals surface area contributed by atoms with Gasteiger partial charge in [-0.05, 0) is 51.3 Å². The molecule has 0 heterocycles. The topological polar surface area (TPSA) is 52.7 Å². The Balaban J connectivity index is 2.67. The second-order valence-electron chi connectivity index (χ2n) is 5.66. The Hall–Kier alpha value is -2.09. The van der Waals surface area contributed by atoms with E-state index in [0.717, 1.165) is 30.0 Å². The number of anilines is 1. The predicted octanol–water partition coefficient (Wildman–Crippen LogP) is 2.13. The lowest BCUT2D eigenvalue weighted by molar-refractivity contribution is -0.137. The van der Waals surface area contributed by atoms with Crippen LogP contribution in [0.2, 0.25) is 0 Å². The quantitative estimate of drug-likeness (QED) is 0.770. The van der Waals surface area contributed by atoms with E-state index in [2.05, 4.69) is 5.32 Å². The van der Waals surface area contributed by atoms with Gasteiger partial charge in [0, 0.05) is 19.2 Å². The van der Waals surface area contributed by atoms with Gasteiger partial charge < -0.3 is 15.1 Å². The maximum absolute atomic E-state index is 12.6. The molecule has 5 nitrogen and oxygen atoms in total. The van der Waals surface area contributed by atoms with Crippen LogP contribution in [0.4, 0.5) is 18.9 Å². The highest BCUT2D eigenvalue weighted by molar-refractivity contribution is 5.97. The van der Waals surface area contributed by atoms with E-state index in [-0.39, 0.29) is 18.1 Å². The summed E-state index contributed by atoms with van der Waals surface area (Å²) >= 11 is 0. The Morgan fingerprint density at radius 1 is 1.12 bits per heavy atom. The van der Waals surface area contributed by atoms with Gasteiger partial charge in [-0.1, -0.05) is 0 Å².